The number of piperazine rings is 1. The minimum Gasteiger partial charge on any atom is -0.494 e. The van der Waals surface area contributed by atoms with E-state index < -0.39 is 0 Å². The van der Waals surface area contributed by atoms with E-state index in [4.69, 9.17) is 9.47 Å². The number of hydrogen-bond donors (Lipinski definition) is 0. The quantitative estimate of drug-likeness (QED) is 0.549. The molecular formula is C26H31N3O4. The standard InChI is InChI=1S/C26H31N3O4/c1-3-33-22-11-9-21(10-12-22)23-24(26(31)29(25(23)30)17-18-32-2)28-15-13-27(14-16-28)19-20-7-5-4-6-8-20/h4-12H,3,13-19H2,1-2H3. The Kier molecular flexibility index (Phi) is 7.42. The van der Waals surface area contributed by atoms with Crippen LogP contribution < -0.4 is 4.74 Å². The van der Waals surface area contributed by atoms with Gasteiger partial charge in [0.2, 0.25) is 0 Å². The van der Waals surface area contributed by atoms with Gasteiger partial charge in [-0.25, -0.2) is 0 Å². The fourth-order valence-corrected chi connectivity index (χ4v) is 4.36. The number of rotatable bonds is 9. The van der Waals surface area contributed by atoms with Crippen molar-refractivity contribution >= 4 is 17.4 Å². The molecule has 0 atom stereocenters. The predicted molar refractivity (Wildman–Crippen MR) is 126 cm³/mol. The number of imide groups is 1. The second-order valence-corrected chi connectivity index (χ2v) is 8.18. The minimum atomic E-state index is -0.261. The number of methoxy groups -OCH3 is 1. The second-order valence-electron chi connectivity index (χ2n) is 8.18. The van der Waals surface area contributed by atoms with E-state index in [1.54, 1.807) is 7.11 Å². The predicted octanol–water partition coefficient (Wildman–Crippen LogP) is 2.63. The first-order valence-corrected chi connectivity index (χ1v) is 11.5. The number of hydrogen-bond acceptors (Lipinski definition) is 6. The Balaban J connectivity index is 1.56. The molecule has 7 nitrogen and oxygen atoms in total. The maximum Gasteiger partial charge on any atom is 0.277 e. The van der Waals surface area contributed by atoms with Crippen LogP contribution in [0.5, 0.6) is 5.75 Å². The molecule has 174 valence electrons. The highest BCUT2D eigenvalue weighted by Crippen LogP contribution is 2.33. The third-order valence-electron chi connectivity index (χ3n) is 6.05. The Labute approximate surface area is 195 Å². The molecule has 0 bridgehead atoms. The lowest BCUT2D eigenvalue weighted by molar-refractivity contribution is -0.138. The highest BCUT2D eigenvalue weighted by molar-refractivity contribution is 6.35. The van der Waals surface area contributed by atoms with Gasteiger partial charge in [0.1, 0.15) is 11.4 Å². The molecule has 0 unspecified atom stereocenters. The molecular weight excluding hydrogens is 418 g/mol. The van der Waals surface area contributed by atoms with Crippen LogP contribution in [-0.4, -0.2) is 79.6 Å². The van der Waals surface area contributed by atoms with E-state index in [2.05, 4.69) is 34.1 Å². The summed E-state index contributed by atoms with van der Waals surface area (Å²) in [6, 6.07) is 17.8. The van der Waals surface area contributed by atoms with Crippen LogP contribution in [0.4, 0.5) is 0 Å². The van der Waals surface area contributed by atoms with Crippen LogP contribution in [-0.2, 0) is 20.9 Å². The smallest absolute Gasteiger partial charge is 0.277 e. The van der Waals surface area contributed by atoms with Crippen LogP contribution in [0.25, 0.3) is 5.57 Å². The van der Waals surface area contributed by atoms with E-state index in [9.17, 15) is 9.59 Å². The van der Waals surface area contributed by atoms with E-state index in [1.807, 2.05) is 37.3 Å². The molecule has 1 saturated heterocycles. The van der Waals surface area contributed by atoms with Gasteiger partial charge in [-0.1, -0.05) is 42.5 Å². The monoisotopic (exact) mass is 449 g/mol. The van der Waals surface area contributed by atoms with E-state index in [-0.39, 0.29) is 18.4 Å². The molecule has 7 heteroatoms. The molecule has 2 aliphatic rings. The number of carbonyl (C=O) groups is 2. The topological polar surface area (TPSA) is 62.3 Å². The SMILES string of the molecule is CCOc1ccc(C2=C(N3CCN(Cc4ccccc4)CC3)C(=O)N(CCOC)C2=O)cc1. The summed E-state index contributed by atoms with van der Waals surface area (Å²) in [7, 11) is 1.57. The molecule has 0 radical (unpaired) electrons. The van der Waals surface area contributed by atoms with Crippen molar-refractivity contribution in [3.8, 4) is 5.75 Å². The zero-order chi connectivity index (χ0) is 23.2. The molecule has 2 aromatic rings. The van der Waals surface area contributed by atoms with E-state index in [1.165, 1.54) is 10.5 Å². The van der Waals surface area contributed by atoms with Crippen molar-refractivity contribution < 1.29 is 19.1 Å². The number of carbonyl (C=O) groups excluding carboxylic acids is 2. The summed E-state index contributed by atoms with van der Waals surface area (Å²) in [5.41, 5.74) is 2.98. The lowest BCUT2D eigenvalue weighted by Gasteiger charge is -2.36. The van der Waals surface area contributed by atoms with Gasteiger partial charge in [-0.2, -0.15) is 0 Å². The molecule has 2 amide bonds. The van der Waals surface area contributed by atoms with Gasteiger partial charge in [0.25, 0.3) is 11.8 Å². The summed E-state index contributed by atoms with van der Waals surface area (Å²) in [5.74, 6) is 0.242. The molecule has 0 N–H and O–H groups in total. The first kappa shape index (κ1) is 23.0. The molecule has 0 saturated carbocycles. The summed E-state index contributed by atoms with van der Waals surface area (Å²) < 4.78 is 10.7. The summed E-state index contributed by atoms with van der Waals surface area (Å²) >= 11 is 0. The van der Waals surface area contributed by atoms with Crippen LogP contribution >= 0.6 is 0 Å². The zero-order valence-electron chi connectivity index (χ0n) is 19.3. The first-order chi connectivity index (χ1) is 16.1. The van der Waals surface area contributed by atoms with Crippen molar-refractivity contribution in [2.24, 2.45) is 0 Å². The van der Waals surface area contributed by atoms with Gasteiger partial charge in [0.15, 0.2) is 0 Å². The maximum absolute atomic E-state index is 13.4. The maximum atomic E-state index is 13.4. The molecule has 2 aliphatic heterocycles. The lowest BCUT2D eigenvalue weighted by atomic mass is 10.0. The highest BCUT2D eigenvalue weighted by Gasteiger charge is 2.41. The molecule has 4 rings (SSSR count). The van der Waals surface area contributed by atoms with Gasteiger partial charge in [0, 0.05) is 39.8 Å². The van der Waals surface area contributed by atoms with Crippen LogP contribution in [0.15, 0.2) is 60.3 Å². The van der Waals surface area contributed by atoms with Gasteiger partial charge in [-0.3, -0.25) is 19.4 Å². The molecule has 0 aromatic heterocycles. The van der Waals surface area contributed by atoms with Gasteiger partial charge >= 0.3 is 0 Å². The molecule has 2 aromatic carbocycles. The summed E-state index contributed by atoms with van der Waals surface area (Å²) in [6.45, 7) is 6.98. The van der Waals surface area contributed by atoms with E-state index in [0.717, 1.165) is 30.9 Å². The summed E-state index contributed by atoms with van der Waals surface area (Å²) in [5, 5.41) is 0. The van der Waals surface area contributed by atoms with Crippen LogP contribution in [0, 0.1) is 0 Å². The fourth-order valence-electron chi connectivity index (χ4n) is 4.36. The van der Waals surface area contributed by atoms with Gasteiger partial charge < -0.3 is 14.4 Å². The number of amides is 2. The Morgan fingerprint density at radius 3 is 2.21 bits per heavy atom. The average Bonchev–Trinajstić information content (AvgIpc) is 3.09. The average molecular weight is 450 g/mol. The second kappa shape index (κ2) is 10.6. The van der Waals surface area contributed by atoms with Crippen LogP contribution in [0.3, 0.4) is 0 Å². The highest BCUT2D eigenvalue weighted by atomic mass is 16.5. The molecule has 2 heterocycles. The van der Waals surface area contributed by atoms with Crippen molar-refractivity contribution in [2.75, 3.05) is 53.0 Å². The third kappa shape index (κ3) is 5.10. The molecule has 0 spiro atoms. The van der Waals surface area contributed by atoms with E-state index >= 15 is 0 Å². The number of nitrogens with zero attached hydrogens (tertiary/aromatic N) is 3. The first-order valence-electron chi connectivity index (χ1n) is 11.5. The molecule has 0 aliphatic carbocycles. The van der Waals surface area contributed by atoms with Gasteiger partial charge in [0.05, 0.1) is 25.3 Å². The Morgan fingerprint density at radius 1 is 0.879 bits per heavy atom. The summed E-state index contributed by atoms with van der Waals surface area (Å²) in [4.78, 5) is 32.4. The third-order valence-corrected chi connectivity index (χ3v) is 6.05. The van der Waals surface area contributed by atoms with Crippen molar-refractivity contribution in [1.82, 2.24) is 14.7 Å². The normalized spacial score (nSPS) is 17.3. The largest absolute Gasteiger partial charge is 0.494 e. The Hall–Kier alpha value is -3.16. The van der Waals surface area contributed by atoms with Crippen molar-refractivity contribution in [2.45, 2.75) is 13.5 Å². The minimum absolute atomic E-state index is 0.238. The van der Waals surface area contributed by atoms with Crippen molar-refractivity contribution in [3.63, 3.8) is 0 Å². The Morgan fingerprint density at radius 2 is 1.58 bits per heavy atom. The molecule has 1 fully saturated rings. The lowest BCUT2D eigenvalue weighted by Crippen LogP contribution is -2.47. The van der Waals surface area contributed by atoms with Gasteiger partial charge in [-0.15, -0.1) is 0 Å². The Bertz CT molecular complexity index is 996. The number of benzene rings is 2. The van der Waals surface area contributed by atoms with Crippen LogP contribution in [0.1, 0.15) is 18.1 Å². The number of ether oxygens (including phenoxy) is 2. The molecule has 33 heavy (non-hydrogen) atoms. The fraction of sp³-hybridized carbons (Fsp3) is 0.385. The van der Waals surface area contributed by atoms with Crippen LogP contribution in [0.2, 0.25) is 0 Å². The van der Waals surface area contributed by atoms with Crippen molar-refractivity contribution in [3.05, 3.63) is 71.4 Å². The zero-order valence-corrected chi connectivity index (χ0v) is 19.3. The summed E-state index contributed by atoms with van der Waals surface area (Å²) in [6.07, 6.45) is 0. The van der Waals surface area contributed by atoms with E-state index in [0.29, 0.717) is 37.6 Å². The van der Waals surface area contributed by atoms with Crippen molar-refractivity contribution in [1.29, 1.82) is 0 Å². The van der Waals surface area contributed by atoms with Gasteiger partial charge in [-0.05, 0) is 30.2 Å².